The van der Waals surface area contributed by atoms with Gasteiger partial charge in [0, 0.05) is 12.2 Å². The Bertz CT molecular complexity index is 808. The molecule has 4 rings (SSSR count). The zero-order valence-corrected chi connectivity index (χ0v) is 11.9. The molecule has 1 aliphatic rings. The van der Waals surface area contributed by atoms with Gasteiger partial charge in [0.2, 0.25) is 5.91 Å². The van der Waals surface area contributed by atoms with Crippen molar-refractivity contribution in [1.29, 1.82) is 0 Å². The highest BCUT2D eigenvalue weighted by molar-refractivity contribution is 6.02. The van der Waals surface area contributed by atoms with Gasteiger partial charge in [-0.1, -0.05) is 30.3 Å². The van der Waals surface area contributed by atoms with Crippen molar-refractivity contribution >= 4 is 28.7 Å². The minimum Gasteiger partial charge on any atom is -0.424 e. The number of oxazole rings is 1. The Kier molecular flexibility index (Phi) is 3.04. The van der Waals surface area contributed by atoms with Gasteiger partial charge < -0.3 is 15.1 Å². The van der Waals surface area contributed by atoms with Crippen LogP contribution in [0.25, 0.3) is 11.1 Å². The maximum atomic E-state index is 12.0. The third-order valence-electron chi connectivity index (χ3n) is 3.91. The number of hydrogen-bond acceptors (Lipinski definition) is 4. The number of rotatable bonds is 4. The fraction of sp³-hybridized carbons (Fsp3) is 0.176. The summed E-state index contributed by atoms with van der Waals surface area (Å²) < 4.78 is 5.61. The number of hydrogen-bond donors (Lipinski definition) is 2. The van der Waals surface area contributed by atoms with Crippen LogP contribution in [-0.2, 0) is 4.79 Å². The molecule has 1 amide bonds. The third kappa shape index (κ3) is 2.20. The lowest BCUT2D eigenvalue weighted by Crippen LogP contribution is -2.15. The van der Waals surface area contributed by atoms with Crippen molar-refractivity contribution in [2.75, 3.05) is 17.2 Å². The Morgan fingerprint density at radius 2 is 1.95 bits per heavy atom. The first-order chi connectivity index (χ1) is 10.8. The molecule has 2 aromatic carbocycles. The Labute approximate surface area is 127 Å². The van der Waals surface area contributed by atoms with Crippen LogP contribution in [0.3, 0.4) is 0 Å². The number of carbonyl (C=O) groups is 1. The van der Waals surface area contributed by atoms with E-state index in [4.69, 9.17) is 4.42 Å². The van der Waals surface area contributed by atoms with Crippen LogP contribution >= 0.6 is 0 Å². The van der Waals surface area contributed by atoms with Crippen LogP contribution in [0, 0.1) is 0 Å². The molecule has 1 aliphatic heterocycles. The molecule has 1 atom stereocenters. The highest BCUT2D eigenvalue weighted by Crippen LogP contribution is 2.34. The van der Waals surface area contributed by atoms with Gasteiger partial charge in [-0.05, 0) is 30.2 Å². The van der Waals surface area contributed by atoms with Gasteiger partial charge in [0.25, 0.3) is 6.01 Å². The molecule has 0 aliphatic carbocycles. The van der Waals surface area contributed by atoms with Crippen LogP contribution in [0.15, 0.2) is 52.9 Å². The molecule has 5 heteroatoms. The molecule has 0 spiro atoms. The topological polar surface area (TPSA) is 67.2 Å². The predicted octanol–water partition coefficient (Wildman–Crippen LogP) is 3.37. The molecule has 3 aromatic rings. The summed E-state index contributed by atoms with van der Waals surface area (Å²) >= 11 is 0. The summed E-state index contributed by atoms with van der Waals surface area (Å²) in [4.78, 5) is 16.4. The molecule has 0 saturated carbocycles. The third-order valence-corrected chi connectivity index (χ3v) is 3.91. The monoisotopic (exact) mass is 293 g/mol. The molecule has 2 N–H and O–H groups in total. The maximum Gasteiger partial charge on any atom is 0.295 e. The van der Waals surface area contributed by atoms with E-state index >= 15 is 0 Å². The van der Waals surface area contributed by atoms with Crippen LogP contribution in [0.1, 0.15) is 17.9 Å². The standard InChI is InChI=1S/C17H15N3O2/c21-16-12(11-5-1-2-6-13(11)19-16)9-10-18-17-20-14-7-3-4-8-15(14)22-17/h1-8,12H,9-10H2,(H,18,20)(H,19,21)/t12-/m1/s1. The van der Waals surface area contributed by atoms with E-state index in [1.165, 1.54) is 0 Å². The van der Waals surface area contributed by atoms with Crippen LogP contribution < -0.4 is 10.6 Å². The lowest BCUT2D eigenvalue weighted by molar-refractivity contribution is -0.117. The predicted molar refractivity (Wildman–Crippen MR) is 84.9 cm³/mol. The van der Waals surface area contributed by atoms with Crippen molar-refractivity contribution in [3.63, 3.8) is 0 Å². The Morgan fingerprint density at radius 1 is 1.14 bits per heavy atom. The number of nitrogens with zero attached hydrogens (tertiary/aromatic N) is 1. The highest BCUT2D eigenvalue weighted by atomic mass is 16.4. The fourth-order valence-electron chi connectivity index (χ4n) is 2.83. The van der Waals surface area contributed by atoms with Gasteiger partial charge in [0.1, 0.15) is 5.52 Å². The lowest BCUT2D eigenvalue weighted by Gasteiger charge is -2.08. The summed E-state index contributed by atoms with van der Waals surface area (Å²) in [6, 6.07) is 15.9. The van der Waals surface area contributed by atoms with Crippen molar-refractivity contribution < 1.29 is 9.21 Å². The molecule has 2 heterocycles. The second kappa shape index (κ2) is 5.18. The summed E-state index contributed by atoms with van der Waals surface area (Å²) in [7, 11) is 0. The van der Waals surface area contributed by atoms with Crippen molar-refractivity contribution in [1.82, 2.24) is 4.98 Å². The molecular weight excluding hydrogens is 278 g/mol. The van der Waals surface area contributed by atoms with Gasteiger partial charge in [-0.25, -0.2) is 0 Å². The fourth-order valence-corrected chi connectivity index (χ4v) is 2.83. The van der Waals surface area contributed by atoms with Gasteiger partial charge in [-0.2, -0.15) is 4.98 Å². The molecule has 0 unspecified atom stereocenters. The van der Waals surface area contributed by atoms with Crippen LogP contribution in [-0.4, -0.2) is 17.4 Å². The number of aromatic nitrogens is 1. The molecule has 0 bridgehead atoms. The SMILES string of the molecule is O=C1Nc2ccccc2[C@H]1CCNc1nc2ccccc2o1. The average Bonchev–Trinajstić information content (AvgIpc) is 3.08. The molecule has 110 valence electrons. The van der Waals surface area contributed by atoms with Crippen LogP contribution in [0.2, 0.25) is 0 Å². The quantitative estimate of drug-likeness (QED) is 0.774. The van der Waals surface area contributed by atoms with E-state index in [2.05, 4.69) is 15.6 Å². The van der Waals surface area contributed by atoms with Gasteiger partial charge in [0.15, 0.2) is 5.58 Å². The first-order valence-electron chi connectivity index (χ1n) is 7.30. The number of fused-ring (bicyclic) bond motifs is 2. The zero-order chi connectivity index (χ0) is 14.9. The van der Waals surface area contributed by atoms with Crippen LogP contribution in [0.4, 0.5) is 11.7 Å². The molecule has 5 nitrogen and oxygen atoms in total. The second-order valence-corrected chi connectivity index (χ2v) is 5.33. The zero-order valence-electron chi connectivity index (χ0n) is 11.9. The molecule has 1 aromatic heterocycles. The van der Waals surface area contributed by atoms with E-state index < -0.39 is 0 Å². The van der Waals surface area contributed by atoms with Crippen molar-refractivity contribution in [3.05, 3.63) is 54.1 Å². The summed E-state index contributed by atoms with van der Waals surface area (Å²) in [5.74, 6) is -0.0614. The lowest BCUT2D eigenvalue weighted by atomic mass is 9.97. The van der Waals surface area contributed by atoms with Gasteiger partial charge in [-0.15, -0.1) is 0 Å². The van der Waals surface area contributed by atoms with E-state index in [1.807, 2.05) is 48.5 Å². The summed E-state index contributed by atoms with van der Waals surface area (Å²) in [5, 5.41) is 6.07. The minimum atomic E-state index is -0.118. The van der Waals surface area contributed by atoms with Gasteiger partial charge in [0.05, 0.1) is 5.92 Å². The summed E-state index contributed by atoms with van der Waals surface area (Å²) in [6.45, 7) is 0.624. The Balaban J connectivity index is 1.44. The largest absolute Gasteiger partial charge is 0.424 e. The smallest absolute Gasteiger partial charge is 0.295 e. The van der Waals surface area contributed by atoms with Crippen molar-refractivity contribution in [3.8, 4) is 0 Å². The molecule has 0 saturated heterocycles. The maximum absolute atomic E-state index is 12.0. The Hall–Kier alpha value is -2.82. The highest BCUT2D eigenvalue weighted by Gasteiger charge is 2.29. The number of benzene rings is 2. The minimum absolute atomic E-state index is 0.0561. The van der Waals surface area contributed by atoms with Gasteiger partial charge in [-0.3, -0.25) is 4.79 Å². The Morgan fingerprint density at radius 3 is 2.86 bits per heavy atom. The number of carbonyl (C=O) groups excluding carboxylic acids is 1. The molecule has 0 radical (unpaired) electrons. The number of amides is 1. The van der Waals surface area contributed by atoms with Crippen molar-refractivity contribution in [2.24, 2.45) is 0 Å². The second-order valence-electron chi connectivity index (χ2n) is 5.33. The van der Waals surface area contributed by atoms with E-state index in [0.29, 0.717) is 19.0 Å². The molecule has 22 heavy (non-hydrogen) atoms. The normalized spacial score (nSPS) is 16.5. The average molecular weight is 293 g/mol. The van der Waals surface area contributed by atoms with Crippen molar-refractivity contribution in [2.45, 2.75) is 12.3 Å². The number of anilines is 2. The van der Waals surface area contributed by atoms with E-state index in [0.717, 1.165) is 22.4 Å². The molecular formula is C17H15N3O2. The first-order valence-corrected chi connectivity index (χ1v) is 7.30. The number of nitrogens with one attached hydrogen (secondary N) is 2. The summed E-state index contributed by atoms with van der Waals surface area (Å²) in [6.07, 6.45) is 0.696. The van der Waals surface area contributed by atoms with Crippen LogP contribution in [0.5, 0.6) is 0 Å². The van der Waals surface area contributed by atoms with E-state index in [9.17, 15) is 4.79 Å². The number of para-hydroxylation sites is 3. The summed E-state index contributed by atoms with van der Waals surface area (Å²) in [5.41, 5.74) is 3.56. The molecule has 0 fully saturated rings. The van der Waals surface area contributed by atoms with E-state index in [1.54, 1.807) is 0 Å². The van der Waals surface area contributed by atoms with E-state index in [-0.39, 0.29) is 11.8 Å². The van der Waals surface area contributed by atoms with Gasteiger partial charge >= 0.3 is 0 Å². The first kappa shape index (κ1) is 12.9.